The molecule has 0 aliphatic carbocycles. The van der Waals surface area contributed by atoms with E-state index in [1.807, 2.05) is 0 Å². The van der Waals surface area contributed by atoms with Gasteiger partial charge in [0, 0.05) is 13.2 Å². The fourth-order valence-corrected chi connectivity index (χ4v) is 1.49. The first-order valence-corrected chi connectivity index (χ1v) is 4.89. The molecule has 1 heterocycles. The number of rotatable bonds is 2. The first-order valence-electron chi connectivity index (χ1n) is 4.89. The number of nitrogens with zero attached hydrogens (tertiary/aromatic N) is 2. The van der Waals surface area contributed by atoms with E-state index >= 15 is 0 Å². The second-order valence-corrected chi connectivity index (χ2v) is 3.68. The van der Waals surface area contributed by atoms with Gasteiger partial charge >= 0.3 is 0 Å². The molecule has 1 aromatic carbocycles. The SMILES string of the molecule is Cn1cc(C(=O)c2c(F)c(F)c(F)c(F)c2F)cn1. The van der Waals surface area contributed by atoms with Crippen molar-refractivity contribution in [2.75, 3.05) is 0 Å². The van der Waals surface area contributed by atoms with Crippen molar-refractivity contribution >= 4 is 5.78 Å². The van der Waals surface area contributed by atoms with Crippen LogP contribution in [0.5, 0.6) is 0 Å². The first-order chi connectivity index (χ1) is 8.84. The van der Waals surface area contributed by atoms with Crippen molar-refractivity contribution < 1.29 is 26.7 Å². The second-order valence-electron chi connectivity index (χ2n) is 3.68. The van der Waals surface area contributed by atoms with Crippen LogP contribution in [0.2, 0.25) is 0 Å². The fourth-order valence-electron chi connectivity index (χ4n) is 1.49. The van der Waals surface area contributed by atoms with Crippen LogP contribution >= 0.6 is 0 Å². The Kier molecular flexibility index (Phi) is 3.09. The standard InChI is InChI=1S/C11H5F5N2O/c1-18-3-4(2-17-18)11(19)5-6(12)8(14)10(16)9(15)7(5)13/h2-3H,1H3. The van der Waals surface area contributed by atoms with E-state index < -0.39 is 40.4 Å². The Labute approximate surface area is 103 Å². The molecule has 2 rings (SSSR count). The van der Waals surface area contributed by atoms with Crippen molar-refractivity contribution in [1.29, 1.82) is 0 Å². The minimum atomic E-state index is -2.31. The zero-order valence-corrected chi connectivity index (χ0v) is 9.35. The second kappa shape index (κ2) is 4.45. The molecule has 1 aromatic heterocycles. The lowest BCUT2D eigenvalue weighted by Gasteiger charge is -2.05. The molecule has 0 atom stereocenters. The predicted octanol–water partition coefficient (Wildman–Crippen LogP) is 2.35. The number of aryl methyl sites for hydroxylation is 1. The van der Waals surface area contributed by atoms with Crippen molar-refractivity contribution in [1.82, 2.24) is 9.78 Å². The zero-order chi connectivity index (χ0) is 14.3. The molecule has 100 valence electrons. The summed E-state index contributed by atoms with van der Waals surface area (Å²) in [5, 5.41) is 3.57. The molecule has 0 spiro atoms. The lowest BCUT2D eigenvalue weighted by Crippen LogP contribution is -2.13. The number of carbonyl (C=O) groups is 1. The van der Waals surface area contributed by atoms with Gasteiger partial charge in [-0.05, 0) is 0 Å². The summed E-state index contributed by atoms with van der Waals surface area (Å²) < 4.78 is 66.6. The highest BCUT2D eigenvalue weighted by atomic mass is 19.2. The summed E-state index contributed by atoms with van der Waals surface area (Å²) >= 11 is 0. The van der Waals surface area contributed by atoms with Gasteiger partial charge in [0.1, 0.15) is 5.56 Å². The van der Waals surface area contributed by atoms with E-state index in [4.69, 9.17) is 0 Å². The quantitative estimate of drug-likeness (QED) is 0.365. The zero-order valence-electron chi connectivity index (χ0n) is 9.35. The maximum absolute atomic E-state index is 13.4. The van der Waals surface area contributed by atoms with Crippen molar-refractivity contribution in [3.8, 4) is 0 Å². The Morgan fingerprint density at radius 2 is 1.47 bits per heavy atom. The van der Waals surface area contributed by atoms with Gasteiger partial charge < -0.3 is 0 Å². The van der Waals surface area contributed by atoms with Gasteiger partial charge in [-0.15, -0.1) is 0 Å². The molecule has 0 aliphatic rings. The highest BCUT2D eigenvalue weighted by Crippen LogP contribution is 2.24. The average Bonchev–Trinajstić information content (AvgIpc) is 2.81. The molecule has 0 N–H and O–H groups in total. The van der Waals surface area contributed by atoms with Crippen LogP contribution in [0.1, 0.15) is 15.9 Å². The summed E-state index contributed by atoms with van der Waals surface area (Å²) in [4.78, 5) is 11.7. The van der Waals surface area contributed by atoms with E-state index in [2.05, 4.69) is 5.10 Å². The van der Waals surface area contributed by atoms with Crippen LogP contribution in [-0.4, -0.2) is 15.6 Å². The Morgan fingerprint density at radius 1 is 1.00 bits per heavy atom. The van der Waals surface area contributed by atoms with Crippen molar-refractivity contribution in [3.63, 3.8) is 0 Å². The summed E-state index contributed by atoms with van der Waals surface area (Å²) in [6.07, 6.45) is 2.06. The van der Waals surface area contributed by atoms with E-state index in [1.54, 1.807) is 0 Å². The van der Waals surface area contributed by atoms with Crippen molar-refractivity contribution in [2.24, 2.45) is 7.05 Å². The maximum atomic E-state index is 13.4. The topological polar surface area (TPSA) is 34.9 Å². The van der Waals surface area contributed by atoms with E-state index in [1.165, 1.54) is 7.05 Å². The lowest BCUT2D eigenvalue weighted by molar-refractivity contribution is 0.102. The van der Waals surface area contributed by atoms with Gasteiger partial charge in [-0.3, -0.25) is 9.48 Å². The van der Waals surface area contributed by atoms with Crippen LogP contribution in [0.25, 0.3) is 0 Å². The maximum Gasteiger partial charge on any atom is 0.202 e. The smallest absolute Gasteiger partial charge is 0.202 e. The van der Waals surface area contributed by atoms with Crippen LogP contribution in [0, 0.1) is 29.1 Å². The molecule has 2 aromatic rings. The number of hydrogen-bond acceptors (Lipinski definition) is 2. The molecular formula is C11H5F5N2O. The highest BCUT2D eigenvalue weighted by molar-refractivity contribution is 6.09. The summed E-state index contributed by atoms with van der Waals surface area (Å²) in [5.41, 5.74) is -1.78. The minimum absolute atomic E-state index is 0.286. The number of hydrogen-bond donors (Lipinski definition) is 0. The predicted molar refractivity (Wildman–Crippen MR) is 52.9 cm³/mol. The number of halogens is 5. The minimum Gasteiger partial charge on any atom is -0.288 e. The van der Waals surface area contributed by atoms with Gasteiger partial charge in [0.15, 0.2) is 23.3 Å². The Hall–Kier alpha value is -2.25. The van der Waals surface area contributed by atoms with Gasteiger partial charge in [0.05, 0.1) is 11.8 Å². The Bertz CT molecular complexity index is 651. The molecule has 0 amide bonds. The summed E-state index contributed by atoms with van der Waals surface area (Å²) in [7, 11) is 1.43. The monoisotopic (exact) mass is 276 g/mol. The van der Waals surface area contributed by atoms with E-state index in [-0.39, 0.29) is 5.56 Å². The molecule has 0 unspecified atom stereocenters. The summed E-state index contributed by atoms with van der Waals surface area (Å²) in [5.74, 6) is -12.3. The molecule has 3 nitrogen and oxygen atoms in total. The molecule has 0 radical (unpaired) electrons. The molecule has 0 fully saturated rings. The normalized spacial score (nSPS) is 10.8. The van der Waals surface area contributed by atoms with Gasteiger partial charge in [-0.1, -0.05) is 0 Å². The third-order valence-electron chi connectivity index (χ3n) is 2.40. The summed E-state index contributed by atoms with van der Waals surface area (Å²) in [6, 6.07) is 0. The van der Waals surface area contributed by atoms with Crippen molar-refractivity contribution in [2.45, 2.75) is 0 Å². The molecule has 8 heteroatoms. The molecule has 0 saturated carbocycles. The first kappa shape index (κ1) is 13.2. The molecule has 0 aliphatic heterocycles. The molecule has 19 heavy (non-hydrogen) atoms. The van der Waals surface area contributed by atoms with Gasteiger partial charge in [-0.25, -0.2) is 22.0 Å². The van der Waals surface area contributed by atoms with Gasteiger partial charge in [-0.2, -0.15) is 5.10 Å². The van der Waals surface area contributed by atoms with Crippen molar-refractivity contribution in [3.05, 3.63) is 52.6 Å². The van der Waals surface area contributed by atoms with Gasteiger partial charge in [0.2, 0.25) is 11.6 Å². The Morgan fingerprint density at radius 3 is 1.89 bits per heavy atom. The van der Waals surface area contributed by atoms with Crippen LogP contribution in [0.4, 0.5) is 22.0 Å². The third-order valence-corrected chi connectivity index (χ3v) is 2.40. The highest BCUT2D eigenvalue weighted by Gasteiger charge is 2.30. The van der Waals surface area contributed by atoms with E-state index in [9.17, 15) is 26.7 Å². The number of benzene rings is 1. The molecular weight excluding hydrogens is 271 g/mol. The largest absolute Gasteiger partial charge is 0.288 e. The van der Waals surface area contributed by atoms with E-state index in [0.29, 0.717) is 0 Å². The Balaban J connectivity index is 2.66. The lowest BCUT2D eigenvalue weighted by atomic mass is 10.0. The number of aromatic nitrogens is 2. The van der Waals surface area contributed by atoms with Crippen LogP contribution in [-0.2, 0) is 7.05 Å². The van der Waals surface area contributed by atoms with Crippen LogP contribution in [0.15, 0.2) is 12.4 Å². The molecule has 0 bridgehead atoms. The average molecular weight is 276 g/mol. The molecule has 0 saturated heterocycles. The number of ketones is 1. The summed E-state index contributed by atoms with van der Waals surface area (Å²) in [6.45, 7) is 0. The third kappa shape index (κ3) is 1.98. The fraction of sp³-hybridized carbons (Fsp3) is 0.0909. The van der Waals surface area contributed by atoms with E-state index in [0.717, 1.165) is 17.1 Å². The van der Waals surface area contributed by atoms with Crippen LogP contribution < -0.4 is 0 Å². The number of carbonyl (C=O) groups excluding carboxylic acids is 1. The van der Waals surface area contributed by atoms with Gasteiger partial charge in [0.25, 0.3) is 0 Å². The van der Waals surface area contributed by atoms with Crippen LogP contribution in [0.3, 0.4) is 0 Å².